The molecule has 1 fully saturated rings. The molecule has 198 valence electrons. The summed E-state index contributed by atoms with van der Waals surface area (Å²) in [4.78, 5) is 50.1. The first-order chi connectivity index (χ1) is 16.2. The third-order valence-electron chi connectivity index (χ3n) is 4.61. The molecule has 6 N–H and O–H groups in total. The van der Waals surface area contributed by atoms with Gasteiger partial charge in [-0.15, -0.1) is 0 Å². The SMILES string of the molecule is CCCCNc1ncnc2c1ncn2C1O[C@H](COP(=O)(O)OP(=O)(O)OP(=O)([O-])O)[C@@H](O)[C@H]1O.[Na+]. The number of phosphoric ester groups is 1. The fourth-order valence-corrected chi connectivity index (χ4v) is 6.11. The second-order valence-corrected chi connectivity index (χ2v) is 11.6. The van der Waals surface area contributed by atoms with E-state index in [-0.39, 0.29) is 35.2 Å². The molecule has 0 saturated carbocycles. The summed E-state index contributed by atoms with van der Waals surface area (Å²) in [5, 5.41) is 23.9. The van der Waals surface area contributed by atoms with E-state index in [1.807, 2.05) is 6.92 Å². The molecule has 2 aromatic heterocycles. The topological polar surface area (TPSA) is 268 Å². The van der Waals surface area contributed by atoms with E-state index in [0.29, 0.717) is 17.9 Å². The molecule has 1 saturated heterocycles. The van der Waals surface area contributed by atoms with Gasteiger partial charge in [-0.25, -0.2) is 28.4 Å². The van der Waals surface area contributed by atoms with Crippen molar-refractivity contribution in [3.63, 3.8) is 0 Å². The zero-order valence-electron chi connectivity index (χ0n) is 18.9. The van der Waals surface area contributed by atoms with Gasteiger partial charge in [0.25, 0.3) is 7.82 Å². The quantitative estimate of drug-likeness (QED) is 0.0797. The molecule has 0 spiro atoms. The molecule has 0 radical (unpaired) electrons. The first-order valence-corrected chi connectivity index (χ1v) is 14.4. The van der Waals surface area contributed by atoms with Gasteiger partial charge in [0, 0.05) is 6.54 Å². The molecule has 0 amide bonds. The van der Waals surface area contributed by atoms with Crippen LogP contribution in [0.1, 0.15) is 26.0 Å². The maximum atomic E-state index is 11.9. The Bertz CT molecular complexity index is 1180. The third-order valence-corrected chi connectivity index (χ3v) is 8.38. The predicted molar refractivity (Wildman–Crippen MR) is 112 cm³/mol. The molecule has 4 unspecified atom stereocenters. The first kappa shape index (κ1) is 31.9. The van der Waals surface area contributed by atoms with Gasteiger partial charge in [-0.3, -0.25) is 13.7 Å². The number of anilines is 1. The van der Waals surface area contributed by atoms with Crippen molar-refractivity contribution in [2.75, 3.05) is 18.5 Å². The van der Waals surface area contributed by atoms with Gasteiger partial charge < -0.3 is 39.8 Å². The van der Waals surface area contributed by atoms with Gasteiger partial charge in [0.15, 0.2) is 23.2 Å². The summed E-state index contributed by atoms with van der Waals surface area (Å²) < 4.78 is 52.2. The zero-order valence-corrected chi connectivity index (χ0v) is 23.6. The number of hydrogen-bond donors (Lipinski definition) is 6. The Morgan fingerprint density at radius 1 is 1.11 bits per heavy atom. The first-order valence-electron chi connectivity index (χ1n) is 9.92. The van der Waals surface area contributed by atoms with Crippen molar-refractivity contribution in [1.29, 1.82) is 0 Å². The zero-order chi connectivity index (χ0) is 26.0. The van der Waals surface area contributed by atoms with E-state index in [9.17, 15) is 33.7 Å². The van der Waals surface area contributed by atoms with Crippen LogP contribution >= 0.6 is 23.5 Å². The standard InChI is InChI=1S/C14H24N5O13P3.Na/c1-2-3-4-15-12-9-13(17-6-16-12)19(7-18-9)14-11(21)10(20)8(30-14)5-29-34(25,26)32-35(27,28)31-33(22,23)24;/h6-8,10-11,14,20-21H,2-5H2,1H3,(H,25,26)(H,27,28)(H,15,16,17)(H2,22,23,24);/q;+1/p-1/t8-,10-,11-,14?;/m1./s1. The van der Waals surface area contributed by atoms with Crippen molar-refractivity contribution in [3.8, 4) is 0 Å². The summed E-state index contributed by atoms with van der Waals surface area (Å²) >= 11 is 0. The van der Waals surface area contributed by atoms with Crippen LogP contribution < -0.4 is 39.8 Å². The van der Waals surface area contributed by atoms with Crippen molar-refractivity contribution < 1.29 is 90.9 Å². The molecule has 18 nitrogen and oxygen atoms in total. The Morgan fingerprint density at radius 2 is 1.81 bits per heavy atom. The number of unbranched alkanes of at least 4 members (excludes halogenated alkanes) is 1. The molecule has 22 heteroatoms. The van der Waals surface area contributed by atoms with E-state index in [2.05, 4.69) is 33.4 Å². The number of nitrogens with zero attached hydrogens (tertiary/aromatic N) is 4. The largest absolute Gasteiger partial charge is 1.00 e. The number of imidazole rings is 1. The predicted octanol–water partition coefficient (Wildman–Crippen LogP) is -3.63. The molecule has 0 aromatic carbocycles. The van der Waals surface area contributed by atoms with Crippen molar-refractivity contribution in [2.24, 2.45) is 0 Å². The minimum Gasteiger partial charge on any atom is -0.756 e. The minimum atomic E-state index is -5.80. The monoisotopic (exact) mass is 585 g/mol. The molecule has 2 aromatic rings. The number of ether oxygens (including phenoxy) is 1. The van der Waals surface area contributed by atoms with Crippen molar-refractivity contribution in [3.05, 3.63) is 12.7 Å². The maximum absolute atomic E-state index is 11.9. The van der Waals surface area contributed by atoms with E-state index in [0.717, 1.165) is 12.8 Å². The van der Waals surface area contributed by atoms with Crippen LogP contribution in [0.25, 0.3) is 11.2 Å². The van der Waals surface area contributed by atoms with Crippen molar-refractivity contribution >= 4 is 40.4 Å². The molecule has 36 heavy (non-hydrogen) atoms. The van der Waals surface area contributed by atoms with Gasteiger partial charge in [-0.2, -0.15) is 4.31 Å². The molecule has 3 rings (SSSR count). The maximum Gasteiger partial charge on any atom is 1.00 e. The van der Waals surface area contributed by atoms with Crippen molar-refractivity contribution in [1.82, 2.24) is 19.5 Å². The fourth-order valence-electron chi connectivity index (χ4n) is 3.11. The van der Waals surface area contributed by atoms with Crippen LogP contribution in [0.4, 0.5) is 5.82 Å². The molecule has 1 aliphatic rings. The van der Waals surface area contributed by atoms with Crippen molar-refractivity contribution in [2.45, 2.75) is 44.3 Å². The Balaban J connectivity index is 0.00000456. The van der Waals surface area contributed by atoms with E-state index >= 15 is 0 Å². The summed E-state index contributed by atoms with van der Waals surface area (Å²) in [5.41, 5.74) is 0.609. The number of aliphatic hydroxyl groups excluding tert-OH is 2. The van der Waals surface area contributed by atoms with Gasteiger partial charge in [0.2, 0.25) is 0 Å². The van der Waals surface area contributed by atoms with E-state index in [1.165, 1.54) is 17.2 Å². The average molecular weight is 585 g/mol. The Morgan fingerprint density at radius 3 is 2.44 bits per heavy atom. The minimum absolute atomic E-state index is 0. The van der Waals surface area contributed by atoms with Crippen LogP contribution in [0.5, 0.6) is 0 Å². The molecular weight excluding hydrogens is 562 g/mol. The second kappa shape index (κ2) is 12.7. The summed E-state index contributed by atoms with van der Waals surface area (Å²) in [5.74, 6) is 0.439. The van der Waals surface area contributed by atoms with Gasteiger partial charge in [-0.1, -0.05) is 13.3 Å². The third kappa shape index (κ3) is 8.32. The smallest absolute Gasteiger partial charge is 0.756 e. The van der Waals surface area contributed by atoms with Crippen LogP contribution in [-0.4, -0.2) is 75.9 Å². The summed E-state index contributed by atoms with van der Waals surface area (Å²) in [6.45, 7) is 1.70. The van der Waals surface area contributed by atoms with Gasteiger partial charge in [0.05, 0.1) is 12.9 Å². The normalized spacial score (nSPS) is 27.1. The molecule has 7 atom stereocenters. The van der Waals surface area contributed by atoms with Crippen LogP contribution in [0.3, 0.4) is 0 Å². The van der Waals surface area contributed by atoms with Gasteiger partial charge >= 0.3 is 45.2 Å². The van der Waals surface area contributed by atoms with Gasteiger partial charge in [-0.05, 0) is 6.42 Å². The molecular formula is C14H23N5NaO13P3. The van der Waals surface area contributed by atoms with E-state index < -0.39 is 54.6 Å². The number of nitrogens with one attached hydrogen (secondary N) is 1. The summed E-state index contributed by atoms with van der Waals surface area (Å²) in [6, 6.07) is 0. The van der Waals surface area contributed by atoms with Crippen LogP contribution in [-0.2, 0) is 31.6 Å². The summed E-state index contributed by atoms with van der Waals surface area (Å²) in [7, 11) is -17.0. The van der Waals surface area contributed by atoms with Crippen LogP contribution in [0.15, 0.2) is 12.7 Å². The fraction of sp³-hybridized carbons (Fsp3) is 0.643. The summed E-state index contributed by atoms with van der Waals surface area (Å²) in [6.07, 6.45) is -1.60. The van der Waals surface area contributed by atoms with Crippen LogP contribution in [0.2, 0.25) is 0 Å². The number of aromatic nitrogens is 4. The molecule has 0 aliphatic carbocycles. The molecule has 3 heterocycles. The Kier molecular flexibility index (Phi) is 11.2. The number of phosphoric acid groups is 3. The second-order valence-electron chi connectivity index (χ2n) is 7.24. The number of hydrogen-bond acceptors (Lipinski definition) is 14. The van der Waals surface area contributed by atoms with E-state index in [1.54, 1.807) is 0 Å². The number of fused-ring (bicyclic) bond motifs is 1. The average Bonchev–Trinajstić information content (AvgIpc) is 3.26. The Hall–Kier alpha value is -0.360. The van der Waals surface area contributed by atoms with Gasteiger partial charge in [0.1, 0.15) is 24.6 Å². The number of aliphatic hydroxyl groups is 2. The van der Waals surface area contributed by atoms with E-state index in [4.69, 9.17) is 14.5 Å². The molecule has 0 bridgehead atoms. The molecule has 1 aliphatic heterocycles. The number of rotatable bonds is 12. The van der Waals surface area contributed by atoms with Crippen LogP contribution in [0, 0.1) is 0 Å². The Labute approximate surface area is 225 Å².